The molecule has 0 saturated heterocycles. The Morgan fingerprint density at radius 1 is 1.26 bits per heavy atom. The molecule has 1 heterocycles. The van der Waals surface area contributed by atoms with Crippen LogP contribution in [0.3, 0.4) is 0 Å². The Labute approximate surface area is 186 Å². The van der Waals surface area contributed by atoms with Gasteiger partial charge >= 0.3 is 6.18 Å². The van der Waals surface area contributed by atoms with Crippen LogP contribution in [-0.2, 0) is 10.0 Å². The third kappa shape index (κ3) is 5.60. The summed E-state index contributed by atoms with van der Waals surface area (Å²) in [4.78, 5) is 4.84. The number of hydrogen-bond donors (Lipinski definition) is 2. The first kappa shape index (κ1) is 24.0. The predicted octanol–water partition coefficient (Wildman–Crippen LogP) is 4.81. The average molecular weight is 501 g/mol. The standard InChI is InChI=1S/C18H21ClF4N4O2S2/c1-27(2)15-7-10(18(21,22)23)3-4-13(15)25-14-9-12(20)16(8-11(14)19)31(28,29)26-17-24-5-6-30-17/h5-6,8-10,13,15,25H,3-4,7H2,1-2H3,(H,24,26)/t10-,13-,15-/m1/s1. The summed E-state index contributed by atoms with van der Waals surface area (Å²) < 4.78 is 81.3. The van der Waals surface area contributed by atoms with E-state index in [-0.39, 0.29) is 35.1 Å². The minimum Gasteiger partial charge on any atom is -0.379 e. The van der Waals surface area contributed by atoms with E-state index in [2.05, 4.69) is 15.0 Å². The van der Waals surface area contributed by atoms with Gasteiger partial charge in [-0.05, 0) is 45.5 Å². The molecule has 0 unspecified atom stereocenters. The van der Waals surface area contributed by atoms with Crippen LogP contribution in [0.4, 0.5) is 28.4 Å². The SMILES string of the molecule is CN(C)[C@@H]1C[C@H](C(F)(F)F)CC[C@H]1Nc1cc(F)c(S(=O)(=O)Nc2nccs2)cc1Cl. The number of nitrogens with zero attached hydrogens (tertiary/aromatic N) is 2. The second-order valence-corrected chi connectivity index (χ2v) is 10.5. The van der Waals surface area contributed by atoms with Gasteiger partial charge in [0.25, 0.3) is 10.0 Å². The number of rotatable bonds is 6. The van der Waals surface area contributed by atoms with Crippen molar-refractivity contribution in [3.05, 3.63) is 34.5 Å². The maximum absolute atomic E-state index is 14.7. The monoisotopic (exact) mass is 500 g/mol. The zero-order chi connectivity index (χ0) is 23.0. The first-order valence-electron chi connectivity index (χ1n) is 9.29. The Morgan fingerprint density at radius 2 is 1.97 bits per heavy atom. The zero-order valence-corrected chi connectivity index (χ0v) is 19.0. The van der Waals surface area contributed by atoms with Crippen molar-refractivity contribution in [3.8, 4) is 0 Å². The molecule has 0 bridgehead atoms. The normalized spacial score (nSPS) is 22.5. The number of alkyl halides is 3. The van der Waals surface area contributed by atoms with Crippen LogP contribution in [0.2, 0.25) is 5.02 Å². The van der Waals surface area contributed by atoms with Gasteiger partial charge in [-0.1, -0.05) is 11.6 Å². The molecule has 13 heteroatoms. The van der Waals surface area contributed by atoms with Gasteiger partial charge in [0.05, 0.1) is 16.6 Å². The molecule has 1 aromatic heterocycles. The van der Waals surface area contributed by atoms with Crippen LogP contribution >= 0.6 is 22.9 Å². The number of nitrogens with one attached hydrogen (secondary N) is 2. The number of anilines is 2. The molecule has 6 nitrogen and oxygen atoms in total. The van der Waals surface area contributed by atoms with Gasteiger partial charge in [-0.25, -0.2) is 17.8 Å². The van der Waals surface area contributed by atoms with Gasteiger partial charge in [0, 0.05) is 23.7 Å². The Hall–Kier alpha value is -1.63. The molecule has 1 saturated carbocycles. The Balaban J connectivity index is 1.82. The maximum atomic E-state index is 14.7. The van der Waals surface area contributed by atoms with Crippen LogP contribution in [-0.4, -0.2) is 50.7 Å². The molecule has 1 aliphatic carbocycles. The summed E-state index contributed by atoms with van der Waals surface area (Å²) >= 11 is 7.24. The molecular formula is C18H21ClF4N4O2S2. The fourth-order valence-electron chi connectivity index (χ4n) is 3.67. The molecule has 172 valence electrons. The second kappa shape index (κ2) is 9.08. The maximum Gasteiger partial charge on any atom is 0.391 e. The van der Waals surface area contributed by atoms with Gasteiger partial charge in [0.1, 0.15) is 10.7 Å². The summed E-state index contributed by atoms with van der Waals surface area (Å²) in [6.07, 6.45) is -2.83. The Morgan fingerprint density at radius 3 is 2.55 bits per heavy atom. The van der Waals surface area contributed by atoms with Crippen LogP contribution in [0.15, 0.2) is 28.6 Å². The number of likely N-dealkylation sites (N-methyl/N-ethyl adjacent to an activating group) is 1. The highest BCUT2D eigenvalue weighted by Gasteiger charge is 2.45. The highest BCUT2D eigenvalue weighted by atomic mass is 35.5. The van der Waals surface area contributed by atoms with Crippen molar-refractivity contribution in [2.45, 2.75) is 42.4 Å². The van der Waals surface area contributed by atoms with Gasteiger partial charge < -0.3 is 10.2 Å². The van der Waals surface area contributed by atoms with Gasteiger partial charge in [0.15, 0.2) is 5.13 Å². The van der Waals surface area contributed by atoms with Gasteiger partial charge in [-0.15, -0.1) is 11.3 Å². The number of benzene rings is 1. The first-order valence-corrected chi connectivity index (χ1v) is 12.0. The summed E-state index contributed by atoms with van der Waals surface area (Å²) in [5.41, 5.74) is 0.120. The van der Waals surface area contributed by atoms with E-state index < -0.39 is 44.9 Å². The molecule has 0 radical (unpaired) electrons. The molecule has 31 heavy (non-hydrogen) atoms. The van der Waals surface area contributed by atoms with E-state index >= 15 is 0 Å². The number of sulfonamides is 1. The molecule has 3 atom stereocenters. The summed E-state index contributed by atoms with van der Waals surface area (Å²) in [6, 6.07) is 1.04. The van der Waals surface area contributed by atoms with Crippen LogP contribution < -0.4 is 10.0 Å². The summed E-state index contributed by atoms with van der Waals surface area (Å²) in [5.74, 6) is -2.45. The van der Waals surface area contributed by atoms with Crippen LogP contribution in [0.25, 0.3) is 0 Å². The second-order valence-electron chi connectivity index (χ2n) is 7.54. The Bertz CT molecular complexity index is 1020. The highest BCUT2D eigenvalue weighted by Crippen LogP contribution is 2.40. The van der Waals surface area contributed by atoms with E-state index in [1.807, 2.05) is 0 Å². The third-order valence-electron chi connectivity index (χ3n) is 5.25. The molecule has 2 N–H and O–H groups in total. The summed E-state index contributed by atoms with van der Waals surface area (Å²) in [5, 5.41) is 4.59. The van der Waals surface area contributed by atoms with E-state index in [0.29, 0.717) is 0 Å². The van der Waals surface area contributed by atoms with Crippen molar-refractivity contribution in [3.63, 3.8) is 0 Å². The highest BCUT2D eigenvalue weighted by molar-refractivity contribution is 7.93. The minimum atomic E-state index is -4.27. The van der Waals surface area contributed by atoms with Crippen molar-refractivity contribution >= 4 is 43.8 Å². The number of thiazole rings is 1. The zero-order valence-electron chi connectivity index (χ0n) is 16.6. The van der Waals surface area contributed by atoms with E-state index in [1.54, 1.807) is 24.4 Å². The molecule has 0 spiro atoms. The molecular weight excluding hydrogens is 480 g/mol. The number of hydrogen-bond acceptors (Lipinski definition) is 6. The fourth-order valence-corrected chi connectivity index (χ4v) is 5.83. The Kier molecular flexibility index (Phi) is 7.04. The minimum absolute atomic E-state index is 0.0589. The number of aromatic nitrogens is 1. The van der Waals surface area contributed by atoms with Crippen molar-refractivity contribution in [2.75, 3.05) is 24.1 Å². The fraction of sp³-hybridized carbons (Fsp3) is 0.500. The van der Waals surface area contributed by atoms with E-state index in [9.17, 15) is 26.0 Å². The average Bonchev–Trinajstić information content (AvgIpc) is 3.15. The van der Waals surface area contributed by atoms with E-state index in [1.165, 1.54) is 6.20 Å². The topological polar surface area (TPSA) is 74.3 Å². The van der Waals surface area contributed by atoms with Crippen molar-refractivity contribution in [1.82, 2.24) is 9.88 Å². The van der Waals surface area contributed by atoms with Crippen LogP contribution in [0, 0.1) is 11.7 Å². The lowest BCUT2D eigenvalue weighted by atomic mass is 9.81. The van der Waals surface area contributed by atoms with Gasteiger partial charge in [-0.2, -0.15) is 13.2 Å². The first-order chi connectivity index (χ1) is 14.4. The van der Waals surface area contributed by atoms with Crippen LogP contribution in [0.5, 0.6) is 0 Å². The lowest BCUT2D eigenvalue weighted by Gasteiger charge is -2.41. The molecule has 1 aliphatic rings. The molecule has 1 fully saturated rings. The lowest BCUT2D eigenvalue weighted by molar-refractivity contribution is -0.186. The summed E-state index contributed by atoms with van der Waals surface area (Å²) in [7, 11) is -0.895. The van der Waals surface area contributed by atoms with Crippen molar-refractivity contribution in [2.24, 2.45) is 5.92 Å². The summed E-state index contributed by atoms with van der Waals surface area (Å²) in [6.45, 7) is 0. The van der Waals surface area contributed by atoms with E-state index in [0.717, 1.165) is 23.5 Å². The molecule has 2 aromatic rings. The van der Waals surface area contributed by atoms with Crippen molar-refractivity contribution < 1.29 is 26.0 Å². The molecule has 1 aromatic carbocycles. The lowest BCUT2D eigenvalue weighted by Crippen LogP contribution is -2.49. The molecule has 0 amide bonds. The molecule has 0 aliphatic heterocycles. The van der Waals surface area contributed by atoms with Crippen molar-refractivity contribution in [1.29, 1.82) is 0 Å². The van der Waals surface area contributed by atoms with Gasteiger partial charge in [0.2, 0.25) is 0 Å². The third-order valence-corrected chi connectivity index (χ3v) is 7.73. The van der Waals surface area contributed by atoms with Crippen LogP contribution in [0.1, 0.15) is 19.3 Å². The smallest absolute Gasteiger partial charge is 0.379 e. The number of halogens is 5. The van der Waals surface area contributed by atoms with Gasteiger partial charge in [-0.3, -0.25) is 4.72 Å². The van der Waals surface area contributed by atoms with E-state index in [4.69, 9.17) is 11.6 Å². The largest absolute Gasteiger partial charge is 0.391 e. The predicted molar refractivity (Wildman–Crippen MR) is 113 cm³/mol. The quantitative estimate of drug-likeness (QED) is 0.557. The molecule has 3 rings (SSSR count).